The number of hydrogen-bond acceptors (Lipinski definition) is 3. The molecule has 3 rings (SSSR count). The predicted molar refractivity (Wildman–Crippen MR) is 74.8 cm³/mol. The van der Waals surface area contributed by atoms with Crippen molar-refractivity contribution in [1.29, 1.82) is 0 Å². The fourth-order valence-corrected chi connectivity index (χ4v) is 2.62. The molecule has 1 unspecified atom stereocenters. The predicted octanol–water partition coefficient (Wildman–Crippen LogP) is 3.42. The van der Waals surface area contributed by atoms with Crippen LogP contribution in [0.4, 0.5) is 11.4 Å². The summed E-state index contributed by atoms with van der Waals surface area (Å²) in [6.07, 6.45) is 5.56. The number of fused-ring (bicyclic) bond motifs is 1. The Kier molecular flexibility index (Phi) is 2.84. The number of nitrogens with zero attached hydrogens (tertiary/aromatic N) is 1. The van der Waals surface area contributed by atoms with Crippen LogP contribution in [0.1, 0.15) is 23.6 Å². The number of nitrogens with two attached hydrogens (primary N) is 1. The standard InChI is InChI=1S/C14H14ClN3/c15-12-5-6-17-8-14(12)18-13-4-1-9-7-10(16)2-3-11(9)13/h2-3,5-8,13,18H,1,4,16H2. The van der Waals surface area contributed by atoms with Crippen LogP contribution in [-0.2, 0) is 6.42 Å². The zero-order valence-electron chi connectivity index (χ0n) is 9.86. The van der Waals surface area contributed by atoms with E-state index >= 15 is 0 Å². The van der Waals surface area contributed by atoms with Crippen molar-refractivity contribution in [2.75, 3.05) is 11.1 Å². The fraction of sp³-hybridized carbons (Fsp3) is 0.214. The summed E-state index contributed by atoms with van der Waals surface area (Å²) >= 11 is 6.13. The van der Waals surface area contributed by atoms with Crippen LogP contribution in [-0.4, -0.2) is 4.98 Å². The van der Waals surface area contributed by atoms with Crippen molar-refractivity contribution in [2.45, 2.75) is 18.9 Å². The van der Waals surface area contributed by atoms with Gasteiger partial charge in [-0.05, 0) is 42.2 Å². The summed E-state index contributed by atoms with van der Waals surface area (Å²) < 4.78 is 0. The molecule has 3 N–H and O–H groups in total. The molecular formula is C14H14ClN3. The lowest BCUT2D eigenvalue weighted by Gasteiger charge is -2.16. The summed E-state index contributed by atoms with van der Waals surface area (Å²) in [5.74, 6) is 0. The van der Waals surface area contributed by atoms with Crippen LogP contribution in [0.25, 0.3) is 0 Å². The van der Waals surface area contributed by atoms with Gasteiger partial charge < -0.3 is 11.1 Å². The number of nitrogens with one attached hydrogen (secondary N) is 1. The molecular weight excluding hydrogens is 246 g/mol. The molecule has 1 aliphatic carbocycles. The molecule has 1 atom stereocenters. The van der Waals surface area contributed by atoms with E-state index < -0.39 is 0 Å². The van der Waals surface area contributed by atoms with E-state index in [2.05, 4.69) is 22.4 Å². The first kappa shape index (κ1) is 11.4. The molecule has 1 aromatic carbocycles. The van der Waals surface area contributed by atoms with Crippen molar-refractivity contribution in [3.8, 4) is 0 Å². The van der Waals surface area contributed by atoms with Gasteiger partial charge in [-0.1, -0.05) is 17.7 Å². The third-order valence-corrected chi connectivity index (χ3v) is 3.67. The maximum atomic E-state index is 6.13. The first-order chi connectivity index (χ1) is 8.74. The summed E-state index contributed by atoms with van der Waals surface area (Å²) in [5, 5.41) is 4.15. The number of hydrogen-bond donors (Lipinski definition) is 2. The van der Waals surface area contributed by atoms with Gasteiger partial charge in [0.15, 0.2) is 0 Å². The van der Waals surface area contributed by atoms with E-state index in [-0.39, 0.29) is 0 Å². The average Bonchev–Trinajstić information content (AvgIpc) is 2.74. The van der Waals surface area contributed by atoms with Crippen LogP contribution in [0.5, 0.6) is 0 Å². The van der Waals surface area contributed by atoms with Crippen LogP contribution in [0, 0.1) is 0 Å². The third-order valence-electron chi connectivity index (χ3n) is 3.34. The minimum atomic E-state index is 0.294. The zero-order valence-corrected chi connectivity index (χ0v) is 10.6. The van der Waals surface area contributed by atoms with Crippen molar-refractivity contribution in [1.82, 2.24) is 4.98 Å². The molecule has 0 saturated heterocycles. The number of anilines is 2. The smallest absolute Gasteiger partial charge is 0.0720 e. The van der Waals surface area contributed by atoms with Crippen LogP contribution < -0.4 is 11.1 Å². The number of rotatable bonds is 2. The number of halogens is 1. The summed E-state index contributed by atoms with van der Waals surface area (Å²) in [6.45, 7) is 0. The summed E-state index contributed by atoms with van der Waals surface area (Å²) in [7, 11) is 0. The highest BCUT2D eigenvalue weighted by Gasteiger charge is 2.22. The Balaban J connectivity index is 1.87. The van der Waals surface area contributed by atoms with Crippen LogP contribution in [0.2, 0.25) is 5.02 Å². The topological polar surface area (TPSA) is 50.9 Å². The van der Waals surface area contributed by atoms with E-state index in [1.807, 2.05) is 6.07 Å². The zero-order chi connectivity index (χ0) is 12.5. The second-order valence-corrected chi connectivity index (χ2v) is 4.96. The van der Waals surface area contributed by atoms with Crippen LogP contribution in [0.15, 0.2) is 36.7 Å². The monoisotopic (exact) mass is 259 g/mol. The highest BCUT2D eigenvalue weighted by atomic mass is 35.5. The van der Waals surface area contributed by atoms with E-state index in [9.17, 15) is 0 Å². The molecule has 1 aromatic heterocycles. The Labute approximate surface area is 111 Å². The maximum absolute atomic E-state index is 6.13. The van der Waals surface area contributed by atoms with Gasteiger partial charge in [0, 0.05) is 11.9 Å². The van der Waals surface area contributed by atoms with Gasteiger partial charge >= 0.3 is 0 Å². The molecule has 0 bridgehead atoms. The maximum Gasteiger partial charge on any atom is 0.0720 e. The Morgan fingerprint density at radius 3 is 3.06 bits per heavy atom. The molecule has 0 radical (unpaired) electrons. The van der Waals surface area contributed by atoms with Crippen LogP contribution >= 0.6 is 11.6 Å². The van der Waals surface area contributed by atoms with Gasteiger partial charge in [-0.2, -0.15) is 0 Å². The Morgan fingerprint density at radius 1 is 1.33 bits per heavy atom. The van der Waals surface area contributed by atoms with Crippen LogP contribution in [0.3, 0.4) is 0 Å². The van der Waals surface area contributed by atoms with Gasteiger partial charge in [-0.25, -0.2) is 0 Å². The SMILES string of the molecule is Nc1ccc2c(c1)CCC2Nc1cnccc1Cl. The third kappa shape index (κ3) is 2.02. The minimum absolute atomic E-state index is 0.294. The number of benzene rings is 1. The summed E-state index contributed by atoms with van der Waals surface area (Å²) in [5.41, 5.74) is 10.1. The van der Waals surface area contributed by atoms with E-state index in [1.165, 1.54) is 11.1 Å². The highest BCUT2D eigenvalue weighted by molar-refractivity contribution is 6.33. The Hall–Kier alpha value is -1.74. The molecule has 1 heterocycles. The molecule has 0 spiro atoms. The van der Waals surface area contributed by atoms with Gasteiger partial charge in [0.1, 0.15) is 0 Å². The Morgan fingerprint density at radius 2 is 2.22 bits per heavy atom. The van der Waals surface area contributed by atoms with Crippen molar-refractivity contribution in [3.63, 3.8) is 0 Å². The molecule has 4 heteroatoms. The fourth-order valence-electron chi connectivity index (χ4n) is 2.46. The number of aromatic nitrogens is 1. The van der Waals surface area contributed by atoms with Gasteiger partial charge in [-0.15, -0.1) is 0 Å². The van der Waals surface area contributed by atoms with Gasteiger partial charge in [0.05, 0.1) is 22.9 Å². The van der Waals surface area contributed by atoms with Crippen molar-refractivity contribution >= 4 is 23.0 Å². The molecule has 0 saturated carbocycles. The van der Waals surface area contributed by atoms with E-state index in [0.717, 1.165) is 24.2 Å². The second kappa shape index (κ2) is 4.50. The van der Waals surface area contributed by atoms with Crippen molar-refractivity contribution < 1.29 is 0 Å². The minimum Gasteiger partial charge on any atom is -0.399 e. The molecule has 0 amide bonds. The van der Waals surface area contributed by atoms with Crippen molar-refractivity contribution in [2.24, 2.45) is 0 Å². The Bertz CT molecular complexity index is 583. The first-order valence-corrected chi connectivity index (χ1v) is 6.36. The summed E-state index contributed by atoms with van der Waals surface area (Å²) in [4.78, 5) is 4.09. The van der Waals surface area contributed by atoms with Gasteiger partial charge in [0.25, 0.3) is 0 Å². The molecule has 0 fully saturated rings. The number of pyridine rings is 1. The quantitative estimate of drug-likeness (QED) is 0.813. The van der Waals surface area contributed by atoms with E-state index in [4.69, 9.17) is 17.3 Å². The first-order valence-electron chi connectivity index (χ1n) is 5.98. The lowest BCUT2D eigenvalue weighted by molar-refractivity contribution is 0.761. The lowest BCUT2D eigenvalue weighted by atomic mass is 10.1. The van der Waals surface area contributed by atoms with Gasteiger partial charge in [-0.3, -0.25) is 4.98 Å². The van der Waals surface area contributed by atoms with Gasteiger partial charge in [0.2, 0.25) is 0 Å². The molecule has 92 valence electrons. The average molecular weight is 260 g/mol. The molecule has 2 aromatic rings. The lowest BCUT2D eigenvalue weighted by Crippen LogP contribution is -2.07. The van der Waals surface area contributed by atoms with Crippen molar-refractivity contribution in [3.05, 3.63) is 52.8 Å². The molecule has 18 heavy (non-hydrogen) atoms. The highest BCUT2D eigenvalue weighted by Crippen LogP contribution is 2.36. The van der Waals surface area contributed by atoms with E-state index in [0.29, 0.717) is 11.1 Å². The molecule has 0 aliphatic heterocycles. The van der Waals surface area contributed by atoms with E-state index in [1.54, 1.807) is 18.5 Å². The largest absolute Gasteiger partial charge is 0.399 e. The normalized spacial score (nSPS) is 17.5. The number of aryl methyl sites for hydroxylation is 1. The number of nitrogen functional groups attached to an aromatic ring is 1. The second-order valence-electron chi connectivity index (χ2n) is 4.55. The molecule has 1 aliphatic rings. The molecule has 3 nitrogen and oxygen atoms in total. The summed E-state index contributed by atoms with van der Waals surface area (Å²) in [6, 6.07) is 8.19.